The molecule has 1 aromatic rings. The maximum atomic E-state index is 12.0. The van der Waals surface area contributed by atoms with Crippen LogP contribution >= 0.6 is 0 Å². The van der Waals surface area contributed by atoms with Gasteiger partial charge in [0.1, 0.15) is 0 Å². The molecule has 0 aliphatic carbocycles. The molecule has 2 aliphatic heterocycles. The summed E-state index contributed by atoms with van der Waals surface area (Å²) in [6, 6.07) is 3.70. The van der Waals surface area contributed by atoms with Crippen LogP contribution in [0, 0.1) is 0 Å². The Morgan fingerprint density at radius 3 is 2.65 bits per heavy atom. The van der Waals surface area contributed by atoms with E-state index in [0.29, 0.717) is 17.5 Å². The van der Waals surface area contributed by atoms with Crippen molar-refractivity contribution in [3.8, 4) is 0 Å². The van der Waals surface area contributed by atoms with Crippen molar-refractivity contribution < 1.29 is 9.59 Å². The minimum absolute atomic E-state index is 0.293. The van der Waals surface area contributed by atoms with Gasteiger partial charge in [-0.1, -0.05) is 6.08 Å². The lowest BCUT2D eigenvalue weighted by Crippen LogP contribution is -2.44. The summed E-state index contributed by atoms with van der Waals surface area (Å²) in [7, 11) is 0. The zero-order chi connectivity index (χ0) is 14.1. The number of carbonyl (C=O) groups is 2. The summed E-state index contributed by atoms with van der Waals surface area (Å²) in [5.41, 5.74) is 2.94. The zero-order valence-corrected chi connectivity index (χ0v) is 11.2. The summed E-state index contributed by atoms with van der Waals surface area (Å²) in [5, 5.41) is 5.68. The maximum absolute atomic E-state index is 12.0. The van der Waals surface area contributed by atoms with Gasteiger partial charge in [0.2, 0.25) is 0 Å². The van der Waals surface area contributed by atoms with E-state index < -0.39 is 0 Å². The van der Waals surface area contributed by atoms with Crippen LogP contribution in [0.2, 0.25) is 0 Å². The lowest BCUT2D eigenvalue weighted by molar-refractivity contribution is 0.0879. The Balaban J connectivity index is 2.11. The summed E-state index contributed by atoms with van der Waals surface area (Å²) in [4.78, 5) is 26.0. The molecule has 0 atom stereocenters. The molecule has 5 nitrogen and oxygen atoms in total. The van der Waals surface area contributed by atoms with Crippen molar-refractivity contribution in [3.63, 3.8) is 0 Å². The third kappa shape index (κ3) is 2.00. The SMILES string of the molecule is C=CCc1c(N2CCNCC2)ccc2c1C(=O)NC2=O. The average molecular weight is 271 g/mol. The van der Waals surface area contributed by atoms with Crippen molar-refractivity contribution in [2.24, 2.45) is 0 Å². The monoisotopic (exact) mass is 271 g/mol. The lowest BCUT2D eigenvalue weighted by atomic mass is 9.97. The molecule has 0 spiro atoms. The first-order chi connectivity index (χ1) is 9.72. The zero-order valence-electron chi connectivity index (χ0n) is 11.2. The molecule has 2 aliphatic rings. The molecule has 0 bridgehead atoms. The van der Waals surface area contributed by atoms with Crippen LogP contribution in [0.4, 0.5) is 5.69 Å². The average Bonchev–Trinajstić information content (AvgIpc) is 2.76. The fraction of sp³-hybridized carbons (Fsp3) is 0.333. The molecule has 20 heavy (non-hydrogen) atoms. The van der Waals surface area contributed by atoms with Gasteiger partial charge >= 0.3 is 0 Å². The van der Waals surface area contributed by atoms with Gasteiger partial charge in [-0.25, -0.2) is 0 Å². The quantitative estimate of drug-likeness (QED) is 0.628. The maximum Gasteiger partial charge on any atom is 0.259 e. The molecule has 3 rings (SSSR count). The second-order valence-electron chi connectivity index (χ2n) is 5.00. The largest absolute Gasteiger partial charge is 0.369 e. The highest BCUT2D eigenvalue weighted by Gasteiger charge is 2.31. The number of rotatable bonds is 3. The van der Waals surface area contributed by atoms with Crippen LogP contribution in [0.15, 0.2) is 24.8 Å². The Bertz CT molecular complexity index is 589. The third-order valence-corrected chi connectivity index (χ3v) is 3.79. The molecule has 1 fully saturated rings. The van der Waals surface area contributed by atoms with Gasteiger partial charge < -0.3 is 10.2 Å². The van der Waals surface area contributed by atoms with Gasteiger partial charge in [-0.3, -0.25) is 14.9 Å². The topological polar surface area (TPSA) is 61.4 Å². The summed E-state index contributed by atoms with van der Waals surface area (Å²) in [6.07, 6.45) is 2.36. The second-order valence-corrected chi connectivity index (χ2v) is 5.00. The van der Waals surface area contributed by atoms with E-state index >= 15 is 0 Å². The summed E-state index contributed by atoms with van der Waals surface area (Å²) < 4.78 is 0. The number of piperazine rings is 1. The van der Waals surface area contributed by atoms with Crippen molar-refractivity contribution in [2.75, 3.05) is 31.1 Å². The van der Waals surface area contributed by atoms with Crippen LogP contribution in [0.25, 0.3) is 0 Å². The fourth-order valence-electron chi connectivity index (χ4n) is 2.87. The number of imide groups is 1. The van der Waals surface area contributed by atoms with Crippen LogP contribution in [0.5, 0.6) is 0 Å². The van der Waals surface area contributed by atoms with Crippen molar-refractivity contribution in [1.82, 2.24) is 10.6 Å². The minimum atomic E-state index is -0.304. The highest BCUT2D eigenvalue weighted by atomic mass is 16.2. The third-order valence-electron chi connectivity index (χ3n) is 3.79. The van der Waals surface area contributed by atoms with E-state index in [2.05, 4.69) is 22.1 Å². The molecule has 2 amide bonds. The highest BCUT2D eigenvalue weighted by Crippen LogP contribution is 2.30. The summed E-state index contributed by atoms with van der Waals surface area (Å²) >= 11 is 0. The van der Waals surface area contributed by atoms with Crippen molar-refractivity contribution in [2.45, 2.75) is 6.42 Å². The number of anilines is 1. The molecular formula is C15H17N3O2. The molecule has 104 valence electrons. The Morgan fingerprint density at radius 1 is 1.20 bits per heavy atom. The van der Waals surface area contributed by atoms with E-state index in [1.165, 1.54) is 0 Å². The first-order valence-corrected chi connectivity index (χ1v) is 6.80. The standard InChI is InChI=1S/C15H17N3O2/c1-2-3-10-12(18-8-6-16-7-9-18)5-4-11-13(10)15(20)17-14(11)19/h2,4-5,16H,1,3,6-9H2,(H,17,19,20). The Hall–Kier alpha value is -2.14. The van der Waals surface area contributed by atoms with E-state index in [9.17, 15) is 9.59 Å². The summed E-state index contributed by atoms with van der Waals surface area (Å²) in [5.74, 6) is -0.596. The Kier molecular flexibility index (Phi) is 3.28. The predicted octanol–water partition coefficient (Wildman–Crippen LogP) is 0.708. The number of benzene rings is 1. The van der Waals surface area contributed by atoms with Gasteiger partial charge in [-0.05, 0) is 24.1 Å². The van der Waals surface area contributed by atoms with E-state index in [1.807, 2.05) is 6.07 Å². The summed E-state index contributed by atoms with van der Waals surface area (Å²) in [6.45, 7) is 7.42. The highest BCUT2D eigenvalue weighted by molar-refractivity contribution is 6.22. The molecule has 5 heteroatoms. The number of hydrogen-bond acceptors (Lipinski definition) is 4. The number of fused-ring (bicyclic) bond motifs is 1. The van der Waals surface area contributed by atoms with Gasteiger partial charge in [0.15, 0.2) is 0 Å². The number of allylic oxidation sites excluding steroid dienone is 1. The van der Waals surface area contributed by atoms with Crippen LogP contribution in [0.3, 0.4) is 0 Å². The van der Waals surface area contributed by atoms with E-state index in [1.54, 1.807) is 12.1 Å². The van der Waals surface area contributed by atoms with Gasteiger partial charge in [0.25, 0.3) is 11.8 Å². The van der Waals surface area contributed by atoms with E-state index in [-0.39, 0.29) is 11.8 Å². The molecule has 0 radical (unpaired) electrons. The van der Waals surface area contributed by atoms with E-state index in [4.69, 9.17) is 0 Å². The molecule has 2 N–H and O–H groups in total. The molecular weight excluding hydrogens is 254 g/mol. The lowest BCUT2D eigenvalue weighted by Gasteiger charge is -2.31. The van der Waals surface area contributed by atoms with Gasteiger partial charge in [0.05, 0.1) is 11.1 Å². The van der Waals surface area contributed by atoms with Crippen molar-refractivity contribution in [1.29, 1.82) is 0 Å². The van der Waals surface area contributed by atoms with Crippen molar-refractivity contribution in [3.05, 3.63) is 41.5 Å². The molecule has 0 aromatic heterocycles. The first kappa shape index (κ1) is 12.9. The van der Waals surface area contributed by atoms with Crippen LogP contribution < -0.4 is 15.5 Å². The van der Waals surface area contributed by atoms with Crippen LogP contribution in [-0.4, -0.2) is 38.0 Å². The molecule has 0 saturated carbocycles. The van der Waals surface area contributed by atoms with Gasteiger partial charge in [-0.15, -0.1) is 6.58 Å². The van der Waals surface area contributed by atoms with Crippen LogP contribution in [-0.2, 0) is 6.42 Å². The van der Waals surface area contributed by atoms with Crippen LogP contribution in [0.1, 0.15) is 26.3 Å². The minimum Gasteiger partial charge on any atom is -0.369 e. The Labute approximate surface area is 117 Å². The molecule has 1 saturated heterocycles. The number of nitrogens with zero attached hydrogens (tertiary/aromatic N) is 1. The Morgan fingerprint density at radius 2 is 1.95 bits per heavy atom. The first-order valence-electron chi connectivity index (χ1n) is 6.80. The smallest absolute Gasteiger partial charge is 0.259 e. The molecule has 2 heterocycles. The van der Waals surface area contributed by atoms with Gasteiger partial charge in [-0.2, -0.15) is 0 Å². The number of amides is 2. The van der Waals surface area contributed by atoms with Gasteiger partial charge in [0, 0.05) is 31.9 Å². The number of hydrogen-bond donors (Lipinski definition) is 2. The molecule has 0 unspecified atom stereocenters. The normalized spacial score (nSPS) is 17.9. The number of carbonyl (C=O) groups excluding carboxylic acids is 2. The predicted molar refractivity (Wildman–Crippen MR) is 77.2 cm³/mol. The molecule has 1 aromatic carbocycles. The number of nitrogens with one attached hydrogen (secondary N) is 2. The van der Waals surface area contributed by atoms with E-state index in [0.717, 1.165) is 37.4 Å². The van der Waals surface area contributed by atoms with Crippen molar-refractivity contribution >= 4 is 17.5 Å². The second kappa shape index (κ2) is 5.09. The fourth-order valence-corrected chi connectivity index (χ4v) is 2.87.